The zero-order valence-electron chi connectivity index (χ0n) is 10.1. The van der Waals surface area contributed by atoms with Crippen molar-refractivity contribution in [3.05, 3.63) is 36.8 Å². The summed E-state index contributed by atoms with van der Waals surface area (Å²) in [6, 6.07) is 4.99. The summed E-state index contributed by atoms with van der Waals surface area (Å²) in [7, 11) is -3.82. The molecule has 0 atom stereocenters. The highest BCUT2D eigenvalue weighted by atomic mass is 32.2. The van der Waals surface area contributed by atoms with Crippen molar-refractivity contribution in [1.29, 1.82) is 0 Å². The van der Waals surface area contributed by atoms with E-state index < -0.39 is 10.0 Å². The molecular formula is C11H10N6O2S. The molecule has 0 unspecified atom stereocenters. The predicted molar refractivity (Wildman–Crippen MR) is 73.3 cm³/mol. The van der Waals surface area contributed by atoms with E-state index in [1.165, 1.54) is 18.6 Å². The predicted octanol–water partition coefficient (Wildman–Crippen LogP) is 0.736. The summed E-state index contributed by atoms with van der Waals surface area (Å²) in [6.45, 7) is 0. The van der Waals surface area contributed by atoms with Crippen LogP contribution in [0.5, 0.6) is 0 Å². The molecule has 20 heavy (non-hydrogen) atoms. The summed E-state index contributed by atoms with van der Waals surface area (Å²) in [5.74, 6) is -0.0919. The maximum absolute atomic E-state index is 12.3. The molecule has 0 saturated carbocycles. The van der Waals surface area contributed by atoms with Crippen molar-refractivity contribution in [2.24, 2.45) is 0 Å². The van der Waals surface area contributed by atoms with Gasteiger partial charge in [0.15, 0.2) is 0 Å². The van der Waals surface area contributed by atoms with Gasteiger partial charge in [-0.05, 0) is 18.2 Å². The van der Waals surface area contributed by atoms with Crippen molar-refractivity contribution in [1.82, 2.24) is 20.2 Å². The minimum absolute atomic E-state index is 0.0762. The summed E-state index contributed by atoms with van der Waals surface area (Å²) in [5.41, 5.74) is 6.83. The molecule has 0 saturated heterocycles. The van der Waals surface area contributed by atoms with E-state index in [9.17, 15) is 8.42 Å². The second kappa shape index (κ2) is 4.46. The van der Waals surface area contributed by atoms with Gasteiger partial charge in [0.25, 0.3) is 16.0 Å². The minimum atomic E-state index is -3.82. The van der Waals surface area contributed by atoms with Gasteiger partial charge in [-0.2, -0.15) is 5.10 Å². The average molecular weight is 290 g/mol. The molecule has 0 radical (unpaired) electrons. The topological polar surface area (TPSA) is 127 Å². The zero-order valence-corrected chi connectivity index (χ0v) is 10.9. The molecule has 8 nitrogen and oxygen atoms in total. The van der Waals surface area contributed by atoms with E-state index in [1.807, 2.05) is 0 Å². The highest BCUT2D eigenvalue weighted by molar-refractivity contribution is 7.93. The number of H-pyrrole nitrogens is 1. The number of aromatic amines is 1. The van der Waals surface area contributed by atoms with Crippen molar-refractivity contribution >= 4 is 32.6 Å². The first-order chi connectivity index (χ1) is 9.56. The normalized spacial score (nSPS) is 11.6. The molecule has 2 heterocycles. The number of nitrogen functional groups attached to an aromatic ring is 1. The van der Waals surface area contributed by atoms with E-state index in [4.69, 9.17) is 5.73 Å². The van der Waals surface area contributed by atoms with E-state index in [-0.39, 0.29) is 10.8 Å². The minimum Gasteiger partial charge on any atom is -0.399 e. The van der Waals surface area contributed by atoms with Crippen molar-refractivity contribution in [2.75, 3.05) is 10.5 Å². The summed E-state index contributed by atoms with van der Waals surface area (Å²) in [4.78, 5) is 6.72. The lowest BCUT2D eigenvalue weighted by Crippen LogP contribution is -2.15. The smallest absolute Gasteiger partial charge is 0.266 e. The lowest BCUT2D eigenvalue weighted by Gasteiger charge is -2.04. The Morgan fingerprint density at radius 2 is 2.10 bits per heavy atom. The van der Waals surface area contributed by atoms with E-state index in [1.54, 1.807) is 18.2 Å². The van der Waals surface area contributed by atoms with Crippen molar-refractivity contribution in [2.45, 2.75) is 4.90 Å². The van der Waals surface area contributed by atoms with Crippen LogP contribution in [-0.4, -0.2) is 28.6 Å². The Balaban J connectivity index is 2.08. The molecule has 3 rings (SSSR count). The fraction of sp³-hybridized carbons (Fsp3) is 0. The highest BCUT2D eigenvalue weighted by Gasteiger charge is 2.20. The first-order valence-corrected chi connectivity index (χ1v) is 7.08. The fourth-order valence-corrected chi connectivity index (χ4v) is 2.92. The molecule has 0 bridgehead atoms. The van der Waals surface area contributed by atoms with Crippen LogP contribution in [0.3, 0.4) is 0 Å². The Morgan fingerprint density at radius 3 is 2.85 bits per heavy atom. The first kappa shape index (κ1) is 12.4. The summed E-state index contributed by atoms with van der Waals surface area (Å²) >= 11 is 0. The third-order valence-electron chi connectivity index (χ3n) is 2.67. The second-order valence-electron chi connectivity index (χ2n) is 4.03. The number of rotatable bonds is 3. The molecule has 102 valence electrons. The number of benzene rings is 1. The van der Waals surface area contributed by atoms with Crippen LogP contribution in [0.2, 0.25) is 0 Å². The van der Waals surface area contributed by atoms with Crippen molar-refractivity contribution < 1.29 is 8.42 Å². The monoisotopic (exact) mass is 290 g/mol. The Hall–Kier alpha value is -2.68. The van der Waals surface area contributed by atoms with Crippen LogP contribution in [0.4, 0.5) is 11.6 Å². The van der Waals surface area contributed by atoms with Gasteiger partial charge in [-0.3, -0.25) is 0 Å². The first-order valence-electron chi connectivity index (χ1n) is 5.59. The highest BCUT2D eigenvalue weighted by Crippen LogP contribution is 2.25. The second-order valence-corrected chi connectivity index (χ2v) is 5.68. The van der Waals surface area contributed by atoms with Crippen LogP contribution in [0.25, 0.3) is 10.9 Å². The molecule has 0 amide bonds. The number of nitrogens with one attached hydrogen (secondary N) is 2. The van der Waals surface area contributed by atoms with Gasteiger partial charge in [0.05, 0.1) is 12.4 Å². The number of nitrogens with two attached hydrogens (primary N) is 1. The van der Waals surface area contributed by atoms with E-state index in [2.05, 4.69) is 24.9 Å². The third kappa shape index (κ3) is 2.14. The number of aromatic nitrogens is 4. The quantitative estimate of drug-likeness (QED) is 0.610. The van der Waals surface area contributed by atoms with Gasteiger partial charge < -0.3 is 10.7 Å². The number of anilines is 2. The Kier molecular flexibility index (Phi) is 2.75. The number of fused-ring (bicyclic) bond motifs is 1. The number of nitrogens with zero attached hydrogens (tertiary/aromatic N) is 3. The molecule has 3 aromatic rings. The van der Waals surface area contributed by atoms with Gasteiger partial charge >= 0.3 is 0 Å². The largest absolute Gasteiger partial charge is 0.399 e. The molecule has 0 spiro atoms. The summed E-state index contributed by atoms with van der Waals surface area (Å²) in [5, 5.41) is 7.65. The molecule has 1 aromatic carbocycles. The molecule has 4 N–H and O–H groups in total. The van der Waals surface area contributed by atoms with Crippen LogP contribution >= 0.6 is 0 Å². The van der Waals surface area contributed by atoms with Gasteiger partial charge in [0.2, 0.25) is 0 Å². The van der Waals surface area contributed by atoms with E-state index >= 15 is 0 Å². The van der Waals surface area contributed by atoms with Crippen LogP contribution in [-0.2, 0) is 10.0 Å². The van der Waals surface area contributed by atoms with Gasteiger partial charge in [-0.25, -0.2) is 18.1 Å². The Morgan fingerprint density at radius 1 is 1.25 bits per heavy atom. The standard InChI is InChI=1S/C11H10N6O2S/c12-7-1-2-9-8(5-7)10(6-14-9)20(18,19)17-11-13-3-4-15-16-11/h1-6,14H,12H2,(H,13,16,17). The molecule has 9 heteroatoms. The van der Waals surface area contributed by atoms with E-state index in [0.717, 1.165) is 0 Å². The Bertz CT molecular complexity index is 859. The molecular weight excluding hydrogens is 280 g/mol. The van der Waals surface area contributed by atoms with Crippen molar-refractivity contribution in [3.8, 4) is 0 Å². The maximum atomic E-state index is 12.3. The summed E-state index contributed by atoms with van der Waals surface area (Å²) in [6.07, 6.45) is 4.09. The molecule has 0 aliphatic carbocycles. The molecule has 0 aliphatic rings. The van der Waals surface area contributed by atoms with Gasteiger partial charge in [0.1, 0.15) is 4.90 Å². The lowest BCUT2D eigenvalue weighted by molar-refractivity contribution is 0.601. The number of hydrogen-bond acceptors (Lipinski definition) is 6. The SMILES string of the molecule is Nc1ccc2[nH]cc(S(=O)(=O)Nc3nccnn3)c2c1. The average Bonchev–Trinajstić information content (AvgIpc) is 2.83. The third-order valence-corrected chi connectivity index (χ3v) is 4.03. The number of hydrogen-bond donors (Lipinski definition) is 3. The van der Waals surface area contributed by atoms with Gasteiger partial charge in [0, 0.05) is 22.8 Å². The number of sulfonamides is 1. The molecule has 0 aliphatic heterocycles. The van der Waals surface area contributed by atoms with Crippen LogP contribution in [0.15, 0.2) is 41.7 Å². The molecule has 2 aromatic heterocycles. The Labute approximate surface area is 114 Å². The van der Waals surface area contributed by atoms with Gasteiger partial charge in [-0.15, -0.1) is 5.10 Å². The zero-order chi connectivity index (χ0) is 14.2. The van der Waals surface area contributed by atoms with Crippen LogP contribution < -0.4 is 10.5 Å². The van der Waals surface area contributed by atoms with Crippen molar-refractivity contribution in [3.63, 3.8) is 0 Å². The summed E-state index contributed by atoms with van der Waals surface area (Å²) < 4.78 is 26.9. The van der Waals surface area contributed by atoms with E-state index in [0.29, 0.717) is 16.6 Å². The fourth-order valence-electron chi connectivity index (χ4n) is 1.80. The van der Waals surface area contributed by atoms with Crippen LogP contribution in [0, 0.1) is 0 Å². The molecule has 0 fully saturated rings. The maximum Gasteiger partial charge on any atom is 0.266 e. The lowest BCUT2D eigenvalue weighted by atomic mass is 10.2. The van der Waals surface area contributed by atoms with Crippen LogP contribution in [0.1, 0.15) is 0 Å². The van der Waals surface area contributed by atoms with Gasteiger partial charge in [-0.1, -0.05) is 0 Å².